The minimum Gasteiger partial charge on any atom is -0.484 e. The Labute approximate surface area is 113 Å². The zero-order chi connectivity index (χ0) is 11.8. The summed E-state index contributed by atoms with van der Waals surface area (Å²) >= 11 is 5.18. The molecule has 2 nitrogen and oxygen atoms in total. The molecule has 17 heavy (non-hydrogen) atoms. The SMILES string of the molecule is N[C@@H]1CC(c2cccs2)Oc2ccc(Br)cc21. The Bertz CT molecular complexity index is 526. The van der Waals surface area contributed by atoms with Gasteiger partial charge in [0.15, 0.2) is 0 Å². The van der Waals surface area contributed by atoms with E-state index in [1.165, 1.54) is 4.88 Å². The van der Waals surface area contributed by atoms with E-state index in [0.717, 1.165) is 22.2 Å². The van der Waals surface area contributed by atoms with Gasteiger partial charge in [-0.1, -0.05) is 22.0 Å². The Kier molecular flexibility index (Phi) is 2.94. The molecule has 4 heteroatoms. The van der Waals surface area contributed by atoms with Gasteiger partial charge in [0, 0.05) is 27.4 Å². The highest BCUT2D eigenvalue weighted by Gasteiger charge is 2.27. The summed E-state index contributed by atoms with van der Waals surface area (Å²) in [6, 6.07) is 10.2. The highest BCUT2D eigenvalue weighted by Crippen LogP contribution is 2.41. The monoisotopic (exact) mass is 309 g/mol. The minimum absolute atomic E-state index is 0.0448. The summed E-state index contributed by atoms with van der Waals surface area (Å²) in [4.78, 5) is 1.24. The molecule has 1 aliphatic rings. The molecular formula is C13H12BrNOS. The van der Waals surface area contributed by atoms with Crippen LogP contribution in [0.25, 0.3) is 0 Å². The van der Waals surface area contributed by atoms with Crippen LogP contribution in [0, 0.1) is 0 Å². The van der Waals surface area contributed by atoms with Gasteiger partial charge in [-0.3, -0.25) is 0 Å². The van der Waals surface area contributed by atoms with Crippen LogP contribution in [0.15, 0.2) is 40.2 Å². The number of thiophene rings is 1. The van der Waals surface area contributed by atoms with Gasteiger partial charge in [0.05, 0.1) is 0 Å². The molecule has 2 N–H and O–H groups in total. The van der Waals surface area contributed by atoms with E-state index in [2.05, 4.69) is 27.4 Å². The second kappa shape index (κ2) is 4.44. The van der Waals surface area contributed by atoms with E-state index in [0.29, 0.717) is 0 Å². The van der Waals surface area contributed by atoms with E-state index in [1.54, 1.807) is 11.3 Å². The van der Waals surface area contributed by atoms with Crippen molar-refractivity contribution in [2.45, 2.75) is 18.6 Å². The molecule has 2 atom stereocenters. The fourth-order valence-electron chi connectivity index (χ4n) is 2.12. The van der Waals surface area contributed by atoms with E-state index < -0.39 is 0 Å². The first-order valence-electron chi connectivity index (χ1n) is 5.49. The second-order valence-corrected chi connectivity index (χ2v) is 6.04. The topological polar surface area (TPSA) is 35.2 Å². The molecule has 1 aliphatic heterocycles. The average Bonchev–Trinajstić information content (AvgIpc) is 2.83. The molecule has 0 aliphatic carbocycles. The van der Waals surface area contributed by atoms with Crippen LogP contribution in [0.2, 0.25) is 0 Å². The number of hydrogen-bond acceptors (Lipinski definition) is 3. The summed E-state index contributed by atoms with van der Waals surface area (Å²) in [6.07, 6.45) is 0.933. The van der Waals surface area contributed by atoms with Crippen molar-refractivity contribution < 1.29 is 4.74 Å². The van der Waals surface area contributed by atoms with Gasteiger partial charge in [-0.05, 0) is 29.6 Å². The van der Waals surface area contributed by atoms with Crippen LogP contribution >= 0.6 is 27.3 Å². The lowest BCUT2D eigenvalue weighted by molar-refractivity contribution is 0.165. The van der Waals surface area contributed by atoms with Crippen LogP contribution in [0.5, 0.6) is 5.75 Å². The maximum atomic E-state index is 6.22. The number of hydrogen-bond donors (Lipinski definition) is 1. The van der Waals surface area contributed by atoms with Crippen LogP contribution in [0.1, 0.15) is 29.0 Å². The fourth-order valence-corrected chi connectivity index (χ4v) is 3.27. The van der Waals surface area contributed by atoms with Gasteiger partial charge in [0.25, 0.3) is 0 Å². The number of ether oxygens (including phenoxy) is 1. The lowest BCUT2D eigenvalue weighted by Gasteiger charge is -2.29. The van der Waals surface area contributed by atoms with Crippen molar-refractivity contribution in [3.8, 4) is 5.75 Å². The molecule has 0 radical (unpaired) electrons. The van der Waals surface area contributed by atoms with Crippen molar-refractivity contribution in [3.05, 3.63) is 50.6 Å². The van der Waals surface area contributed by atoms with Crippen LogP contribution in [-0.4, -0.2) is 0 Å². The molecule has 0 saturated carbocycles. The predicted molar refractivity (Wildman–Crippen MR) is 73.4 cm³/mol. The fraction of sp³-hybridized carbons (Fsp3) is 0.231. The highest BCUT2D eigenvalue weighted by molar-refractivity contribution is 9.10. The largest absolute Gasteiger partial charge is 0.484 e. The first kappa shape index (κ1) is 11.3. The van der Waals surface area contributed by atoms with Gasteiger partial charge in [-0.2, -0.15) is 0 Å². The zero-order valence-corrected chi connectivity index (χ0v) is 11.5. The van der Waals surface area contributed by atoms with Crippen LogP contribution in [0.3, 0.4) is 0 Å². The normalized spacial score (nSPS) is 22.9. The molecule has 88 valence electrons. The molecule has 0 amide bonds. The summed E-state index contributed by atoms with van der Waals surface area (Å²) in [5.41, 5.74) is 7.31. The summed E-state index contributed by atoms with van der Waals surface area (Å²) in [5.74, 6) is 0.908. The number of benzene rings is 1. The third-order valence-electron chi connectivity index (χ3n) is 2.97. The average molecular weight is 310 g/mol. The third-order valence-corrected chi connectivity index (χ3v) is 4.43. The van der Waals surface area contributed by atoms with Crippen molar-refractivity contribution in [2.24, 2.45) is 5.73 Å². The Hall–Kier alpha value is -0.840. The van der Waals surface area contributed by atoms with Crippen molar-refractivity contribution in [1.29, 1.82) is 0 Å². The van der Waals surface area contributed by atoms with Crippen molar-refractivity contribution in [3.63, 3.8) is 0 Å². The molecule has 0 saturated heterocycles. The lowest BCUT2D eigenvalue weighted by atomic mass is 9.97. The molecule has 1 unspecified atom stereocenters. The molecular weight excluding hydrogens is 298 g/mol. The van der Waals surface area contributed by atoms with E-state index in [-0.39, 0.29) is 12.1 Å². The van der Waals surface area contributed by atoms with Gasteiger partial charge in [0.2, 0.25) is 0 Å². The maximum absolute atomic E-state index is 6.22. The van der Waals surface area contributed by atoms with Gasteiger partial charge in [-0.25, -0.2) is 0 Å². The first-order valence-corrected chi connectivity index (χ1v) is 7.16. The molecule has 2 heterocycles. The van der Waals surface area contributed by atoms with Gasteiger partial charge < -0.3 is 10.5 Å². The van der Waals surface area contributed by atoms with Crippen molar-refractivity contribution in [1.82, 2.24) is 0 Å². The molecule has 0 spiro atoms. The summed E-state index contributed by atoms with van der Waals surface area (Å²) in [7, 11) is 0. The van der Waals surface area contributed by atoms with Gasteiger partial charge in [0.1, 0.15) is 11.9 Å². The van der Waals surface area contributed by atoms with E-state index in [4.69, 9.17) is 10.5 Å². The van der Waals surface area contributed by atoms with Crippen molar-refractivity contribution >= 4 is 27.3 Å². The molecule has 1 aromatic carbocycles. The molecule has 3 rings (SSSR count). The third kappa shape index (κ3) is 2.12. The highest BCUT2D eigenvalue weighted by atomic mass is 79.9. The number of fused-ring (bicyclic) bond motifs is 1. The molecule has 0 bridgehead atoms. The van der Waals surface area contributed by atoms with Gasteiger partial charge >= 0.3 is 0 Å². The standard InChI is InChI=1S/C13H12BrNOS/c14-8-3-4-11-9(6-8)10(15)7-12(16-11)13-2-1-5-17-13/h1-6,10,12H,7,15H2/t10-,12?/m1/s1. The summed E-state index contributed by atoms with van der Waals surface area (Å²) < 4.78 is 7.06. The second-order valence-electron chi connectivity index (χ2n) is 4.15. The quantitative estimate of drug-likeness (QED) is 0.863. The molecule has 0 fully saturated rings. The number of nitrogens with two attached hydrogens (primary N) is 1. The molecule has 2 aromatic rings. The van der Waals surface area contributed by atoms with E-state index >= 15 is 0 Å². The van der Waals surface area contributed by atoms with Crippen LogP contribution < -0.4 is 10.5 Å². The predicted octanol–water partition coefficient (Wildman–Crippen LogP) is 4.03. The Morgan fingerprint density at radius 3 is 3.00 bits per heavy atom. The van der Waals surface area contributed by atoms with Crippen molar-refractivity contribution in [2.75, 3.05) is 0 Å². The first-order chi connectivity index (χ1) is 8.24. The Morgan fingerprint density at radius 1 is 1.35 bits per heavy atom. The zero-order valence-electron chi connectivity index (χ0n) is 9.10. The maximum Gasteiger partial charge on any atom is 0.135 e. The van der Waals surface area contributed by atoms with Gasteiger partial charge in [-0.15, -0.1) is 11.3 Å². The lowest BCUT2D eigenvalue weighted by Crippen LogP contribution is -2.23. The summed E-state index contributed by atoms with van der Waals surface area (Å²) in [6.45, 7) is 0. The molecule has 1 aromatic heterocycles. The van der Waals surface area contributed by atoms with Crippen LogP contribution in [0.4, 0.5) is 0 Å². The number of rotatable bonds is 1. The smallest absolute Gasteiger partial charge is 0.135 e. The van der Waals surface area contributed by atoms with E-state index in [9.17, 15) is 0 Å². The number of halogens is 1. The van der Waals surface area contributed by atoms with Crippen LogP contribution in [-0.2, 0) is 0 Å². The van der Waals surface area contributed by atoms with E-state index in [1.807, 2.05) is 24.3 Å². The summed E-state index contributed by atoms with van der Waals surface area (Å²) in [5, 5.41) is 2.07. The Morgan fingerprint density at radius 2 is 2.24 bits per heavy atom. The Balaban J connectivity index is 1.96. The minimum atomic E-state index is 0.0448.